The minimum atomic E-state index is -4.41. The average molecular weight is 213 g/mol. The predicted octanol–water partition coefficient (Wildman–Crippen LogP) is 2.07. The summed E-state index contributed by atoms with van der Waals surface area (Å²) in [5, 5.41) is 8.20. The highest BCUT2D eigenvalue weighted by Crippen LogP contribution is 2.28. The van der Waals surface area contributed by atoms with Crippen molar-refractivity contribution in [2.45, 2.75) is 6.18 Å². The van der Waals surface area contributed by atoms with Crippen LogP contribution >= 0.6 is 11.8 Å². The fraction of sp³-hybridized carbons (Fsp3) is 0.857. The maximum absolute atomic E-state index is 12.0. The molecule has 0 aliphatic heterocycles. The number of rotatable bonds is 5. The van der Waals surface area contributed by atoms with E-state index in [4.69, 9.17) is 5.26 Å². The Hall–Kier alpha value is -0.410. The molecule has 0 aliphatic carbocycles. The van der Waals surface area contributed by atoms with Crippen LogP contribution in [0.1, 0.15) is 0 Å². The second-order valence-electron chi connectivity index (χ2n) is 2.29. The number of nitriles is 1. The molecule has 1 unspecified atom stereocenters. The number of nitrogens with zero attached hydrogens (tertiary/aromatic N) is 1. The summed E-state index contributed by atoms with van der Waals surface area (Å²) >= 11 is 1.07. The molecule has 0 fully saturated rings. The van der Waals surface area contributed by atoms with E-state index in [0.29, 0.717) is 12.4 Å². The molecule has 76 valence electrons. The van der Waals surface area contributed by atoms with Crippen LogP contribution in [-0.2, 0) is 4.74 Å². The molecule has 0 bridgehead atoms. The first kappa shape index (κ1) is 12.6. The lowest BCUT2D eigenvalue weighted by atomic mass is 10.2. The molecule has 0 spiro atoms. The molecule has 0 aliphatic rings. The van der Waals surface area contributed by atoms with E-state index in [0.717, 1.165) is 11.8 Å². The third-order valence-electron chi connectivity index (χ3n) is 1.27. The highest BCUT2D eigenvalue weighted by molar-refractivity contribution is 7.99. The molecule has 13 heavy (non-hydrogen) atoms. The van der Waals surface area contributed by atoms with Crippen LogP contribution in [0.15, 0.2) is 0 Å². The summed E-state index contributed by atoms with van der Waals surface area (Å²) in [6.07, 6.45) is -4.41. The van der Waals surface area contributed by atoms with Crippen LogP contribution < -0.4 is 0 Å². The first-order valence-electron chi connectivity index (χ1n) is 3.55. The Balaban J connectivity index is 3.69. The van der Waals surface area contributed by atoms with Gasteiger partial charge in [-0.15, -0.1) is 0 Å². The Kier molecular flexibility index (Phi) is 5.91. The van der Waals surface area contributed by atoms with Crippen molar-refractivity contribution in [3.8, 4) is 6.07 Å². The van der Waals surface area contributed by atoms with E-state index in [1.807, 2.05) is 0 Å². The van der Waals surface area contributed by atoms with E-state index in [1.54, 1.807) is 0 Å². The zero-order chi connectivity index (χ0) is 10.3. The van der Waals surface area contributed by atoms with Crippen molar-refractivity contribution in [2.75, 3.05) is 25.2 Å². The number of hydrogen-bond acceptors (Lipinski definition) is 3. The highest BCUT2D eigenvalue weighted by Gasteiger charge is 2.39. The van der Waals surface area contributed by atoms with Gasteiger partial charge in [0.1, 0.15) is 0 Å². The molecule has 0 aromatic heterocycles. The Labute approximate surface area is 79.1 Å². The van der Waals surface area contributed by atoms with Crippen molar-refractivity contribution >= 4 is 11.8 Å². The minimum Gasteiger partial charge on any atom is -0.384 e. The molecule has 0 radical (unpaired) electrons. The topological polar surface area (TPSA) is 33.0 Å². The van der Waals surface area contributed by atoms with Crippen molar-refractivity contribution in [3.05, 3.63) is 0 Å². The van der Waals surface area contributed by atoms with Crippen LogP contribution in [0.4, 0.5) is 13.2 Å². The highest BCUT2D eigenvalue weighted by atomic mass is 32.2. The fourth-order valence-electron chi connectivity index (χ4n) is 0.548. The third-order valence-corrected chi connectivity index (χ3v) is 2.29. The second-order valence-corrected chi connectivity index (χ2v) is 3.44. The lowest BCUT2D eigenvalue weighted by Crippen LogP contribution is -2.23. The minimum absolute atomic E-state index is 0.219. The Bertz CT molecular complexity index is 178. The first-order chi connectivity index (χ1) is 6.02. The average Bonchev–Trinajstić information content (AvgIpc) is 2.02. The van der Waals surface area contributed by atoms with Gasteiger partial charge in [-0.05, 0) is 0 Å². The van der Waals surface area contributed by atoms with E-state index >= 15 is 0 Å². The van der Waals surface area contributed by atoms with Crippen molar-refractivity contribution in [3.63, 3.8) is 0 Å². The summed E-state index contributed by atoms with van der Waals surface area (Å²) in [6, 6.07) is 1.23. The van der Waals surface area contributed by atoms with Crippen molar-refractivity contribution in [1.29, 1.82) is 5.26 Å². The van der Waals surface area contributed by atoms with Crippen LogP contribution in [-0.4, -0.2) is 31.4 Å². The van der Waals surface area contributed by atoms with Gasteiger partial charge >= 0.3 is 6.18 Å². The van der Waals surface area contributed by atoms with Crippen molar-refractivity contribution in [1.82, 2.24) is 0 Å². The maximum atomic E-state index is 12.0. The number of ether oxygens (including phenoxy) is 1. The van der Waals surface area contributed by atoms with Crippen LogP contribution in [0, 0.1) is 17.2 Å². The van der Waals surface area contributed by atoms with E-state index in [1.165, 1.54) is 13.2 Å². The Morgan fingerprint density at radius 1 is 1.54 bits per heavy atom. The molecule has 0 saturated heterocycles. The van der Waals surface area contributed by atoms with Crippen LogP contribution in [0.2, 0.25) is 0 Å². The molecular weight excluding hydrogens is 203 g/mol. The number of alkyl halides is 3. The predicted molar refractivity (Wildman–Crippen MR) is 44.4 cm³/mol. The first-order valence-corrected chi connectivity index (χ1v) is 4.71. The van der Waals surface area contributed by atoms with Gasteiger partial charge in [-0.25, -0.2) is 0 Å². The molecule has 0 N–H and O–H groups in total. The van der Waals surface area contributed by atoms with Gasteiger partial charge in [-0.1, -0.05) is 0 Å². The molecular formula is C7H10F3NOS. The largest absolute Gasteiger partial charge is 0.405 e. The van der Waals surface area contributed by atoms with Crippen molar-refractivity contribution in [2.24, 2.45) is 5.92 Å². The molecule has 2 nitrogen and oxygen atoms in total. The summed E-state index contributed by atoms with van der Waals surface area (Å²) in [6.45, 7) is 0.403. The van der Waals surface area contributed by atoms with Gasteiger partial charge in [-0.2, -0.15) is 30.2 Å². The van der Waals surface area contributed by atoms with Gasteiger partial charge in [0.25, 0.3) is 0 Å². The van der Waals surface area contributed by atoms with Crippen LogP contribution in [0.5, 0.6) is 0 Å². The van der Waals surface area contributed by atoms with Crippen molar-refractivity contribution < 1.29 is 17.9 Å². The number of halogens is 3. The summed E-state index contributed by atoms with van der Waals surface area (Å²) in [5.41, 5.74) is 0. The second kappa shape index (κ2) is 6.11. The lowest BCUT2D eigenvalue weighted by Gasteiger charge is -2.11. The Morgan fingerprint density at radius 2 is 2.15 bits per heavy atom. The molecule has 0 aromatic carbocycles. The molecule has 0 amide bonds. The summed E-state index contributed by atoms with van der Waals surface area (Å²) < 4.78 is 40.5. The number of hydrogen-bond donors (Lipinski definition) is 0. The Morgan fingerprint density at radius 3 is 2.54 bits per heavy atom. The summed E-state index contributed by atoms with van der Waals surface area (Å²) in [4.78, 5) is 0. The van der Waals surface area contributed by atoms with E-state index in [2.05, 4.69) is 4.74 Å². The monoisotopic (exact) mass is 213 g/mol. The smallest absolute Gasteiger partial charge is 0.384 e. The SMILES string of the molecule is COCCSCC(C#N)C(F)(F)F. The summed E-state index contributed by atoms with van der Waals surface area (Å²) in [5.74, 6) is -1.61. The lowest BCUT2D eigenvalue weighted by molar-refractivity contribution is -0.152. The molecule has 6 heteroatoms. The summed E-state index contributed by atoms with van der Waals surface area (Å²) in [7, 11) is 1.48. The van der Waals surface area contributed by atoms with Gasteiger partial charge in [0.2, 0.25) is 0 Å². The maximum Gasteiger partial charge on any atom is 0.405 e. The van der Waals surface area contributed by atoms with Crippen LogP contribution in [0.25, 0.3) is 0 Å². The van der Waals surface area contributed by atoms with Gasteiger partial charge in [0, 0.05) is 18.6 Å². The van der Waals surface area contributed by atoms with Gasteiger partial charge in [0.15, 0.2) is 5.92 Å². The van der Waals surface area contributed by atoms with Gasteiger partial charge in [0.05, 0.1) is 12.7 Å². The zero-order valence-electron chi connectivity index (χ0n) is 7.10. The van der Waals surface area contributed by atoms with E-state index < -0.39 is 12.1 Å². The van der Waals surface area contributed by atoms with Gasteiger partial charge < -0.3 is 4.74 Å². The zero-order valence-corrected chi connectivity index (χ0v) is 7.91. The third kappa shape index (κ3) is 5.77. The van der Waals surface area contributed by atoms with E-state index in [-0.39, 0.29) is 5.75 Å². The fourth-order valence-corrected chi connectivity index (χ4v) is 1.50. The molecule has 0 heterocycles. The number of thioether (sulfide) groups is 1. The molecule has 1 atom stereocenters. The van der Waals surface area contributed by atoms with E-state index in [9.17, 15) is 13.2 Å². The quantitative estimate of drug-likeness (QED) is 0.655. The number of methoxy groups -OCH3 is 1. The standard InChI is InChI=1S/C7H10F3NOS/c1-12-2-3-13-5-6(4-11)7(8,9)10/h6H,2-3,5H2,1H3. The molecule has 0 saturated carbocycles. The molecule has 0 rings (SSSR count). The normalized spacial score (nSPS) is 13.8. The van der Waals surface area contributed by atoms with Gasteiger partial charge in [-0.3, -0.25) is 0 Å². The van der Waals surface area contributed by atoms with Crippen LogP contribution in [0.3, 0.4) is 0 Å². The molecule has 0 aromatic rings.